The zero-order valence-electron chi connectivity index (χ0n) is 12.3. The van der Waals surface area contributed by atoms with Crippen LogP contribution in [0.3, 0.4) is 0 Å². The van der Waals surface area contributed by atoms with Crippen molar-refractivity contribution in [1.82, 2.24) is 0 Å². The lowest BCUT2D eigenvalue weighted by Crippen LogP contribution is -2.17. The van der Waals surface area contributed by atoms with E-state index in [1.807, 2.05) is 48.5 Å². The highest BCUT2D eigenvalue weighted by molar-refractivity contribution is 5.91. The molecule has 0 aliphatic rings. The predicted octanol–water partition coefficient (Wildman–Crippen LogP) is 3.45. The van der Waals surface area contributed by atoms with Crippen molar-refractivity contribution in [2.45, 2.75) is 26.4 Å². The Morgan fingerprint density at radius 2 is 1.48 bits per heavy atom. The smallest absolute Gasteiger partial charge is 0.226 e. The highest BCUT2D eigenvalue weighted by Crippen LogP contribution is 2.19. The number of carbonyl (C=O) groups is 1. The third-order valence-corrected chi connectivity index (χ3v) is 2.99. The zero-order valence-corrected chi connectivity index (χ0v) is 12.3. The van der Waals surface area contributed by atoms with Gasteiger partial charge < -0.3 is 15.7 Å². The van der Waals surface area contributed by atoms with Crippen molar-refractivity contribution in [3.63, 3.8) is 0 Å². The Morgan fingerprint density at radius 1 is 1.00 bits per heavy atom. The summed E-state index contributed by atoms with van der Waals surface area (Å²) in [5.41, 5.74) is 3.91. The molecule has 0 bridgehead atoms. The number of amides is 1. The minimum absolute atomic E-state index is 0.101. The normalized spacial score (nSPS) is 11.8. The maximum Gasteiger partial charge on any atom is 0.226 e. The van der Waals surface area contributed by atoms with Gasteiger partial charge in [-0.15, -0.1) is 0 Å². The molecule has 110 valence electrons. The van der Waals surface area contributed by atoms with Gasteiger partial charge >= 0.3 is 0 Å². The van der Waals surface area contributed by atoms with Gasteiger partial charge in [0.05, 0.1) is 12.5 Å². The number of benzene rings is 2. The summed E-state index contributed by atoms with van der Waals surface area (Å²) in [6, 6.07) is 15.6. The quantitative estimate of drug-likeness (QED) is 0.788. The Kier molecular flexibility index (Phi) is 4.95. The fraction of sp³-hybridized carbons (Fsp3) is 0.235. The van der Waals surface area contributed by atoms with E-state index >= 15 is 0 Å². The Hall–Kier alpha value is -2.33. The summed E-state index contributed by atoms with van der Waals surface area (Å²) in [4.78, 5) is 11.5. The molecule has 2 rings (SSSR count). The van der Waals surface area contributed by atoms with Gasteiger partial charge in [0.2, 0.25) is 5.91 Å². The van der Waals surface area contributed by atoms with Gasteiger partial charge in [0, 0.05) is 17.1 Å². The molecule has 0 spiro atoms. The highest BCUT2D eigenvalue weighted by atomic mass is 16.3. The van der Waals surface area contributed by atoms with Crippen LogP contribution >= 0.6 is 0 Å². The molecule has 0 fully saturated rings. The lowest BCUT2D eigenvalue weighted by atomic mass is 10.2. The van der Waals surface area contributed by atoms with Crippen LogP contribution < -0.4 is 10.6 Å². The molecule has 4 nitrogen and oxygen atoms in total. The van der Waals surface area contributed by atoms with Crippen LogP contribution in [0.4, 0.5) is 17.1 Å². The number of hydrogen-bond donors (Lipinski definition) is 3. The predicted molar refractivity (Wildman–Crippen MR) is 85.8 cm³/mol. The number of rotatable bonds is 5. The SMILES string of the molecule is Cc1ccc(Nc2ccc(NC(=O)CC(C)O)cc2)cc1. The minimum atomic E-state index is -0.632. The first-order valence-corrected chi connectivity index (χ1v) is 6.94. The fourth-order valence-electron chi connectivity index (χ4n) is 1.92. The topological polar surface area (TPSA) is 61.4 Å². The summed E-state index contributed by atoms with van der Waals surface area (Å²) in [7, 11) is 0. The number of aliphatic hydroxyl groups excluding tert-OH is 1. The van der Waals surface area contributed by atoms with E-state index < -0.39 is 6.10 Å². The van der Waals surface area contributed by atoms with Crippen molar-refractivity contribution in [3.05, 3.63) is 54.1 Å². The van der Waals surface area contributed by atoms with Gasteiger partial charge in [0.1, 0.15) is 0 Å². The van der Waals surface area contributed by atoms with Crippen molar-refractivity contribution >= 4 is 23.0 Å². The van der Waals surface area contributed by atoms with Crippen molar-refractivity contribution in [2.24, 2.45) is 0 Å². The van der Waals surface area contributed by atoms with E-state index in [1.165, 1.54) is 5.56 Å². The van der Waals surface area contributed by atoms with Crippen LogP contribution in [0.2, 0.25) is 0 Å². The molecule has 0 saturated carbocycles. The molecule has 0 aromatic heterocycles. The van der Waals surface area contributed by atoms with Gasteiger partial charge in [0.25, 0.3) is 0 Å². The summed E-state index contributed by atoms with van der Waals surface area (Å²) < 4.78 is 0. The molecule has 21 heavy (non-hydrogen) atoms. The first-order valence-electron chi connectivity index (χ1n) is 6.94. The Balaban J connectivity index is 1.95. The summed E-state index contributed by atoms with van der Waals surface area (Å²) in [5.74, 6) is -0.191. The Morgan fingerprint density at radius 3 is 2.00 bits per heavy atom. The summed E-state index contributed by atoms with van der Waals surface area (Å²) in [5, 5.41) is 15.2. The second-order valence-corrected chi connectivity index (χ2v) is 5.17. The molecule has 1 amide bonds. The minimum Gasteiger partial charge on any atom is -0.393 e. The maximum atomic E-state index is 11.5. The lowest BCUT2D eigenvalue weighted by Gasteiger charge is -2.09. The Labute approximate surface area is 124 Å². The molecule has 1 unspecified atom stereocenters. The van der Waals surface area contributed by atoms with Crippen LogP contribution in [0.25, 0.3) is 0 Å². The molecule has 0 heterocycles. The van der Waals surface area contributed by atoms with Crippen molar-refractivity contribution in [2.75, 3.05) is 10.6 Å². The third kappa shape index (κ3) is 4.93. The average Bonchev–Trinajstić information content (AvgIpc) is 2.42. The second-order valence-electron chi connectivity index (χ2n) is 5.17. The molecular formula is C17H20N2O2. The van der Waals surface area contributed by atoms with E-state index in [9.17, 15) is 4.79 Å². The van der Waals surface area contributed by atoms with Crippen molar-refractivity contribution in [1.29, 1.82) is 0 Å². The monoisotopic (exact) mass is 284 g/mol. The summed E-state index contributed by atoms with van der Waals surface area (Å²) in [6.45, 7) is 3.64. The van der Waals surface area contributed by atoms with Crippen LogP contribution in [0.5, 0.6) is 0 Å². The van der Waals surface area contributed by atoms with Crippen LogP contribution in [-0.2, 0) is 4.79 Å². The van der Waals surface area contributed by atoms with E-state index in [0.717, 1.165) is 17.1 Å². The molecule has 2 aromatic carbocycles. The van der Waals surface area contributed by atoms with Gasteiger partial charge in [-0.05, 0) is 50.2 Å². The number of hydrogen-bond acceptors (Lipinski definition) is 3. The molecule has 0 saturated heterocycles. The molecule has 0 radical (unpaired) electrons. The van der Waals surface area contributed by atoms with E-state index in [0.29, 0.717) is 0 Å². The molecule has 0 aliphatic heterocycles. The standard InChI is InChI=1S/C17H20N2O2/c1-12-3-5-14(6-4-12)18-15-7-9-16(10-8-15)19-17(21)11-13(2)20/h3-10,13,18,20H,11H2,1-2H3,(H,19,21). The molecular weight excluding hydrogens is 264 g/mol. The second kappa shape index (κ2) is 6.90. The molecule has 1 atom stereocenters. The molecule has 2 aromatic rings. The molecule has 3 N–H and O–H groups in total. The number of nitrogens with one attached hydrogen (secondary N) is 2. The van der Waals surface area contributed by atoms with Crippen LogP contribution in [-0.4, -0.2) is 17.1 Å². The largest absolute Gasteiger partial charge is 0.393 e. The highest BCUT2D eigenvalue weighted by Gasteiger charge is 2.06. The van der Waals surface area contributed by atoms with E-state index in [4.69, 9.17) is 5.11 Å². The van der Waals surface area contributed by atoms with Gasteiger partial charge in [-0.2, -0.15) is 0 Å². The fourth-order valence-corrected chi connectivity index (χ4v) is 1.92. The van der Waals surface area contributed by atoms with Gasteiger partial charge in [-0.3, -0.25) is 4.79 Å². The van der Waals surface area contributed by atoms with Crippen molar-refractivity contribution in [3.8, 4) is 0 Å². The zero-order chi connectivity index (χ0) is 15.2. The maximum absolute atomic E-state index is 11.5. The number of aryl methyl sites for hydroxylation is 1. The van der Waals surface area contributed by atoms with Crippen LogP contribution in [0, 0.1) is 6.92 Å². The lowest BCUT2D eigenvalue weighted by molar-refractivity contribution is -0.117. The summed E-state index contributed by atoms with van der Waals surface area (Å²) >= 11 is 0. The van der Waals surface area contributed by atoms with Gasteiger partial charge in [0.15, 0.2) is 0 Å². The van der Waals surface area contributed by atoms with Gasteiger partial charge in [-0.25, -0.2) is 0 Å². The molecule has 0 aliphatic carbocycles. The first-order chi connectivity index (χ1) is 10.0. The van der Waals surface area contributed by atoms with Crippen molar-refractivity contribution < 1.29 is 9.90 Å². The van der Waals surface area contributed by atoms with E-state index in [2.05, 4.69) is 17.6 Å². The Bertz CT molecular complexity index is 589. The number of anilines is 3. The van der Waals surface area contributed by atoms with Crippen LogP contribution in [0.1, 0.15) is 18.9 Å². The van der Waals surface area contributed by atoms with Gasteiger partial charge in [-0.1, -0.05) is 17.7 Å². The first kappa shape index (κ1) is 15.1. The van der Waals surface area contributed by atoms with Crippen LogP contribution in [0.15, 0.2) is 48.5 Å². The summed E-state index contributed by atoms with van der Waals surface area (Å²) in [6.07, 6.45) is -0.531. The molecule has 4 heteroatoms. The number of carbonyl (C=O) groups excluding carboxylic acids is 1. The number of aliphatic hydroxyl groups is 1. The van der Waals surface area contributed by atoms with E-state index in [-0.39, 0.29) is 12.3 Å². The average molecular weight is 284 g/mol. The van der Waals surface area contributed by atoms with E-state index in [1.54, 1.807) is 6.92 Å². The third-order valence-electron chi connectivity index (χ3n) is 2.99.